The number of rotatable bonds is 30. The second-order valence-electron chi connectivity index (χ2n) is 13.2. The molecular weight excluding hydrogens is 502 g/mol. The van der Waals surface area contributed by atoms with Crippen molar-refractivity contribution in [1.29, 1.82) is 0 Å². The molecule has 0 aromatic rings. The number of nitrogens with zero attached hydrogens (tertiary/aromatic N) is 1. The van der Waals surface area contributed by atoms with E-state index in [-0.39, 0.29) is 11.9 Å². The van der Waals surface area contributed by atoms with Crippen LogP contribution < -0.4 is 0 Å². The second-order valence-corrected chi connectivity index (χ2v) is 13.2. The molecule has 0 amide bonds. The Balaban J connectivity index is 2.13. The largest absolute Gasteiger partial charge is 0.347 e. The lowest BCUT2D eigenvalue weighted by Crippen LogP contribution is -2.33. The van der Waals surface area contributed by atoms with Gasteiger partial charge in [-0.25, -0.2) is 0 Å². The van der Waals surface area contributed by atoms with Gasteiger partial charge < -0.3 is 14.4 Å². The molecule has 1 saturated heterocycles. The average molecular weight is 576 g/mol. The Morgan fingerprint density at radius 1 is 0.561 bits per heavy atom. The first-order valence-electron chi connectivity index (χ1n) is 18.4. The van der Waals surface area contributed by atoms with Gasteiger partial charge in [-0.2, -0.15) is 0 Å². The van der Waals surface area contributed by atoms with Crippen molar-refractivity contribution in [2.45, 2.75) is 193 Å². The van der Waals surface area contributed by atoms with Gasteiger partial charge in [-0.15, -0.1) is 0 Å². The van der Waals surface area contributed by atoms with Gasteiger partial charge in [0.1, 0.15) is 0 Å². The van der Waals surface area contributed by atoms with Crippen molar-refractivity contribution in [2.75, 3.05) is 27.2 Å². The highest BCUT2D eigenvalue weighted by Crippen LogP contribution is 2.35. The summed E-state index contributed by atoms with van der Waals surface area (Å²) in [4.78, 5) is 2.23. The first-order valence-corrected chi connectivity index (χ1v) is 18.4. The molecule has 0 saturated carbocycles. The highest BCUT2D eigenvalue weighted by molar-refractivity contribution is 5.02. The summed E-state index contributed by atoms with van der Waals surface area (Å²) in [5.74, 6) is -0.315. The third-order valence-corrected chi connectivity index (χ3v) is 8.68. The van der Waals surface area contributed by atoms with Gasteiger partial charge in [-0.1, -0.05) is 154 Å². The quantitative estimate of drug-likeness (QED) is 0.0628. The van der Waals surface area contributed by atoms with Crippen molar-refractivity contribution >= 4 is 0 Å². The lowest BCUT2D eigenvalue weighted by atomic mass is 9.98. The first kappa shape index (κ1) is 38.4. The SMILES string of the molecule is CCCCC/C=C\C=C/CCCCCCC[C@@]1(CCCCCCCCCCCCCCCC)OC[C@H](CN(C)C)O1. The molecule has 41 heavy (non-hydrogen) atoms. The normalized spacial score (nSPS) is 19.5. The third kappa shape index (κ3) is 23.5. The minimum atomic E-state index is -0.315. The topological polar surface area (TPSA) is 21.7 Å². The summed E-state index contributed by atoms with van der Waals surface area (Å²) in [6.07, 6.45) is 44.1. The molecule has 2 atom stereocenters. The predicted molar refractivity (Wildman–Crippen MR) is 182 cm³/mol. The van der Waals surface area contributed by atoms with Crippen LogP contribution >= 0.6 is 0 Å². The molecule has 0 aromatic heterocycles. The maximum atomic E-state index is 6.61. The Morgan fingerprint density at radius 3 is 1.41 bits per heavy atom. The van der Waals surface area contributed by atoms with Crippen molar-refractivity contribution in [3.8, 4) is 0 Å². The molecule has 1 heterocycles. The number of unbranched alkanes of at least 4 members (excludes halogenated alkanes) is 21. The molecule has 3 heteroatoms. The van der Waals surface area contributed by atoms with Crippen LogP contribution in [0.2, 0.25) is 0 Å². The van der Waals surface area contributed by atoms with Crippen LogP contribution in [0.5, 0.6) is 0 Å². The zero-order chi connectivity index (χ0) is 29.7. The summed E-state index contributed by atoms with van der Waals surface area (Å²) in [6.45, 7) is 6.29. The molecule has 3 nitrogen and oxygen atoms in total. The Kier molecular flexibility index (Phi) is 26.4. The van der Waals surface area contributed by atoms with Gasteiger partial charge in [-0.3, -0.25) is 0 Å². The van der Waals surface area contributed by atoms with E-state index in [9.17, 15) is 0 Å². The monoisotopic (exact) mass is 576 g/mol. The molecule has 1 aliphatic rings. The van der Waals surface area contributed by atoms with E-state index in [2.05, 4.69) is 57.1 Å². The van der Waals surface area contributed by atoms with E-state index < -0.39 is 0 Å². The fourth-order valence-electron chi connectivity index (χ4n) is 6.14. The number of hydrogen-bond acceptors (Lipinski definition) is 3. The lowest BCUT2D eigenvalue weighted by Gasteiger charge is -2.29. The number of allylic oxidation sites excluding steroid dienone is 4. The molecule has 0 aliphatic carbocycles. The van der Waals surface area contributed by atoms with Gasteiger partial charge in [0.2, 0.25) is 0 Å². The standard InChI is InChI=1S/C38H73NO2/c1-5-7-9-11-13-15-17-19-21-23-25-27-29-31-33-38(40-36-37(41-38)35-39(3)4)34-32-30-28-26-24-22-20-18-16-14-12-10-8-6-2/h13,15,17,19,37H,5-12,14,16,18,20-36H2,1-4H3/b15-13-,19-17-/t37-,38+/m0/s1. The number of likely N-dealkylation sites (N-methyl/N-ethyl adjacent to an activating group) is 1. The van der Waals surface area contributed by atoms with Crippen molar-refractivity contribution in [2.24, 2.45) is 0 Å². The van der Waals surface area contributed by atoms with E-state index in [1.807, 2.05) is 0 Å². The van der Waals surface area contributed by atoms with Gasteiger partial charge in [0.05, 0.1) is 12.7 Å². The van der Waals surface area contributed by atoms with E-state index in [0.717, 1.165) is 26.0 Å². The minimum Gasteiger partial charge on any atom is -0.347 e. The Labute approximate surface area is 258 Å². The molecule has 0 N–H and O–H groups in total. The molecule has 0 bridgehead atoms. The minimum absolute atomic E-state index is 0.226. The molecule has 0 unspecified atom stereocenters. The average Bonchev–Trinajstić information content (AvgIpc) is 3.35. The Hall–Kier alpha value is -0.640. The lowest BCUT2D eigenvalue weighted by molar-refractivity contribution is -0.180. The molecule has 1 rings (SSSR count). The van der Waals surface area contributed by atoms with Crippen LogP contribution in [0.4, 0.5) is 0 Å². The van der Waals surface area contributed by atoms with E-state index in [4.69, 9.17) is 9.47 Å². The zero-order valence-electron chi connectivity index (χ0n) is 28.4. The molecule has 0 spiro atoms. The zero-order valence-corrected chi connectivity index (χ0v) is 28.4. The van der Waals surface area contributed by atoms with Crippen LogP contribution in [-0.4, -0.2) is 44.0 Å². The molecule has 242 valence electrons. The summed E-state index contributed by atoms with van der Waals surface area (Å²) in [7, 11) is 4.27. The van der Waals surface area contributed by atoms with Crippen LogP contribution in [0, 0.1) is 0 Å². The van der Waals surface area contributed by atoms with E-state index in [0.29, 0.717) is 0 Å². The van der Waals surface area contributed by atoms with Gasteiger partial charge in [0.15, 0.2) is 5.79 Å². The van der Waals surface area contributed by atoms with Crippen LogP contribution in [0.3, 0.4) is 0 Å². The number of ether oxygens (including phenoxy) is 2. The van der Waals surface area contributed by atoms with E-state index >= 15 is 0 Å². The highest BCUT2D eigenvalue weighted by Gasteiger charge is 2.40. The second kappa shape index (κ2) is 28.1. The summed E-state index contributed by atoms with van der Waals surface area (Å²) in [5, 5.41) is 0. The fraction of sp³-hybridized carbons (Fsp3) is 0.895. The van der Waals surface area contributed by atoms with Crippen molar-refractivity contribution in [3.05, 3.63) is 24.3 Å². The molecular formula is C38H73NO2. The number of hydrogen-bond donors (Lipinski definition) is 0. The summed E-state index contributed by atoms with van der Waals surface area (Å²) < 4.78 is 13.0. The van der Waals surface area contributed by atoms with Gasteiger partial charge in [0.25, 0.3) is 0 Å². The molecule has 0 radical (unpaired) electrons. The first-order chi connectivity index (χ1) is 20.1. The molecule has 1 fully saturated rings. The summed E-state index contributed by atoms with van der Waals surface area (Å²) in [6, 6.07) is 0. The van der Waals surface area contributed by atoms with Gasteiger partial charge in [-0.05, 0) is 52.6 Å². The smallest absolute Gasteiger partial charge is 0.168 e. The van der Waals surface area contributed by atoms with Crippen molar-refractivity contribution < 1.29 is 9.47 Å². The maximum Gasteiger partial charge on any atom is 0.168 e. The molecule has 0 aromatic carbocycles. The van der Waals surface area contributed by atoms with Gasteiger partial charge >= 0.3 is 0 Å². The summed E-state index contributed by atoms with van der Waals surface area (Å²) in [5.41, 5.74) is 0. The maximum absolute atomic E-state index is 6.61. The van der Waals surface area contributed by atoms with Gasteiger partial charge in [0, 0.05) is 19.4 Å². The van der Waals surface area contributed by atoms with Crippen LogP contribution in [0.1, 0.15) is 181 Å². The highest BCUT2D eigenvalue weighted by atomic mass is 16.7. The van der Waals surface area contributed by atoms with E-state index in [1.54, 1.807) is 0 Å². The van der Waals surface area contributed by atoms with Crippen molar-refractivity contribution in [1.82, 2.24) is 4.90 Å². The predicted octanol–water partition coefficient (Wildman–Crippen LogP) is 12.0. The van der Waals surface area contributed by atoms with Crippen LogP contribution in [0.25, 0.3) is 0 Å². The summed E-state index contributed by atoms with van der Waals surface area (Å²) >= 11 is 0. The third-order valence-electron chi connectivity index (χ3n) is 8.68. The van der Waals surface area contributed by atoms with Crippen molar-refractivity contribution in [3.63, 3.8) is 0 Å². The Morgan fingerprint density at radius 2 is 0.951 bits per heavy atom. The van der Waals surface area contributed by atoms with Crippen LogP contribution in [0.15, 0.2) is 24.3 Å². The Bertz CT molecular complexity index is 601. The fourth-order valence-corrected chi connectivity index (χ4v) is 6.14. The van der Waals surface area contributed by atoms with E-state index in [1.165, 1.54) is 154 Å². The van der Waals surface area contributed by atoms with Crippen LogP contribution in [-0.2, 0) is 9.47 Å². The molecule has 1 aliphatic heterocycles.